The van der Waals surface area contributed by atoms with Gasteiger partial charge < -0.3 is 15.7 Å². The van der Waals surface area contributed by atoms with Gasteiger partial charge in [0.2, 0.25) is 0 Å². The largest absolute Gasteiger partial charge is 0.481 e. The number of anilines is 1. The molecule has 0 radical (unpaired) electrons. The molecule has 3 aromatic carbocycles. The lowest BCUT2D eigenvalue weighted by Gasteiger charge is -2.14. The lowest BCUT2D eigenvalue weighted by Crippen LogP contribution is -2.26. The lowest BCUT2D eigenvalue weighted by atomic mass is 10.0. The highest BCUT2D eigenvalue weighted by Crippen LogP contribution is 2.32. The zero-order valence-corrected chi connectivity index (χ0v) is 21.0. The Morgan fingerprint density at radius 1 is 0.919 bits per heavy atom. The molecular formula is C28H22Cl2FN3O3. The molecule has 1 amide bonds. The molecule has 0 bridgehead atoms. The minimum Gasteiger partial charge on any atom is -0.481 e. The van der Waals surface area contributed by atoms with Crippen molar-refractivity contribution in [3.8, 4) is 22.3 Å². The van der Waals surface area contributed by atoms with E-state index in [2.05, 4.69) is 15.6 Å². The fourth-order valence-corrected chi connectivity index (χ4v) is 4.16. The number of nitrogens with zero attached hydrogens (tertiary/aromatic N) is 1. The van der Waals surface area contributed by atoms with Crippen LogP contribution in [0.3, 0.4) is 0 Å². The average Bonchev–Trinajstić information content (AvgIpc) is 2.88. The first-order chi connectivity index (χ1) is 17.8. The second kappa shape index (κ2) is 11.9. The number of aromatic nitrogens is 1. The molecule has 0 aliphatic rings. The number of carboxylic acid groups (broad SMARTS) is 1. The first-order valence-electron chi connectivity index (χ1n) is 11.3. The monoisotopic (exact) mass is 537 g/mol. The van der Waals surface area contributed by atoms with Crippen molar-refractivity contribution in [3.63, 3.8) is 0 Å². The zero-order valence-electron chi connectivity index (χ0n) is 19.5. The highest BCUT2D eigenvalue weighted by atomic mass is 35.5. The summed E-state index contributed by atoms with van der Waals surface area (Å²) in [5, 5.41) is 15.5. The quantitative estimate of drug-likeness (QED) is 0.221. The van der Waals surface area contributed by atoms with Gasteiger partial charge in [0, 0.05) is 51.7 Å². The second-order valence-corrected chi connectivity index (χ2v) is 9.00. The molecule has 6 nitrogen and oxygen atoms in total. The third-order valence-corrected chi connectivity index (χ3v) is 6.18. The number of amides is 1. The number of hydrogen-bond donors (Lipinski definition) is 3. The van der Waals surface area contributed by atoms with Crippen molar-refractivity contribution in [1.82, 2.24) is 10.3 Å². The third kappa shape index (κ3) is 6.64. The van der Waals surface area contributed by atoms with Crippen LogP contribution in [0.4, 0.5) is 10.1 Å². The first kappa shape index (κ1) is 26.1. The van der Waals surface area contributed by atoms with Crippen LogP contribution in [0.15, 0.2) is 79.0 Å². The van der Waals surface area contributed by atoms with Crippen LogP contribution in [0.5, 0.6) is 0 Å². The molecule has 1 heterocycles. The topological polar surface area (TPSA) is 91.3 Å². The van der Waals surface area contributed by atoms with Gasteiger partial charge in [-0.2, -0.15) is 0 Å². The standard InChI is InChI=1S/C28H22Cl2FN3O3/c29-19-7-5-17(15-33-20-8-9-22(25(31)14-20)21-3-1-2-4-24(21)30)23(13-19)18-6-10-26(34-16-18)28(37)32-12-11-27(35)36/h1-10,13-14,16,33H,11-12,15H2,(H,32,37)(H,35,36). The van der Waals surface area contributed by atoms with Gasteiger partial charge in [0.1, 0.15) is 11.5 Å². The van der Waals surface area contributed by atoms with Gasteiger partial charge in [0.25, 0.3) is 5.91 Å². The van der Waals surface area contributed by atoms with Gasteiger partial charge in [-0.05, 0) is 53.6 Å². The summed E-state index contributed by atoms with van der Waals surface area (Å²) in [6.07, 6.45) is 1.38. The van der Waals surface area contributed by atoms with Crippen molar-refractivity contribution >= 4 is 40.8 Å². The lowest BCUT2D eigenvalue weighted by molar-refractivity contribution is -0.136. The molecule has 4 rings (SSSR count). The highest BCUT2D eigenvalue weighted by molar-refractivity contribution is 6.33. The Hall–Kier alpha value is -3.94. The van der Waals surface area contributed by atoms with Crippen molar-refractivity contribution in [2.24, 2.45) is 0 Å². The predicted molar refractivity (Wildman–Crippen MR) is 143 cm³/mol. The van der Waals surface area contributed by atoms with Gasteiger partial charge in [-0.1, -0.05) is 53.5 Å². The molecule has 0 saturated heterocycles. The summed E-state index contributed by atoms with van der Waals surface area (Å²) in [5.41, 5.74) is 4.24. The van der Waals surface area contributed by atoms with E-state index in [1.54, 1.807) is 60.8 Å². The number of pyridine rings is 1. The van der Waals surface area contributed by atoms with Gasteiger partial charge in [-0.25, -0.2) is 4.39 Å². The third-order valence-electron chi connectivity index (χ3n) is 5.62. The molecule has 9 heteroatoms. The molecule has 0 unspecified atom stereocenters. The molecule has 0 aliphatic carbocycles. The number of hydrogen-bond acceptors (Lipinski definition) is 4. The van der Waals surface area contributed by atoms with E-state index in [0.717, 1.165) is 16.7 Å². The smallest absolute Gasteiger partial charge is 0.305 e. The van der Waals surface area contributed by atoms with Gasteiger partial charge in [-0.15, -0.1) is 0 Å². The minimum absolute atomic E-state index is 0.0155. The van der Waals surface area contributed by atoms with Gasteiger partial charge >= 0.3 is 5.97 Å². The molecule has 0 fully saturated rings. The molecule has 4 aromatic rings. The zero-order chi connectivity index (χ0) is 26.4. The van der Waals surface area contributed by atoms with E-state index in [0.29, 0.717) is 33.4 Å². The van der Waals surface area contributed by atoms with Crippen LogP contribution < -0.4 is 10.6 Å². The van der Waals surface area contributed by atoms with E-state index in [4.69, 9.17) is 28.3 Å². The molecule has 0 saturated carbocycles. The number of carbonyl (C=O) groups is 2. The van der Waals surface area contributed by atoms with Crippen molar-refractivity contribution in [3.05, 3.63) is 106 Å². The number of rotatable bonds is 9. The van der Waals surface area contributed by atoms with Crippen LogP contribution in [0, 0.1) is 5.82 Å². The molecule has 1 aromatic heterocycles. The van der Waals surface area contributed by atoms with Crippen LogP contribution in [-0.4, -0.2) is 28.5 Å². The first-order valence-corrected chi connectivity index (χ1v) is 12.1. The van der Waals surface area contributed by atoms with Crippen LogP contribution in [0.25, 0.3) is 22.3 Å². The predicted octanol–water partition coefficient (Wildman–Crippen LogP) is 6.68. The van der Waals surface area contributed by atoms with E-state index in [1.807, 2.05) is 12.1 Å². The van der Waals surface area contributed by atoms with Crippen LogP contribution in [0.2, 0.25) is 10.0 Å². The maximum Gasteiger partial charge on any atom is 0.305 e. The maximum atomic E-state index is 14.9. The summed E-state index contributed by atoms with van der Waals surface area (Å²) in [7, 11) is 0. The number of carboxylic acids is 1. The normalized spacial score (nSPS) is 10.7. The summed E-state index contributed by atoms with van der Waals surface area (Å²) in [5.74, 6) is -1.84. The van der Waals surface area contributed by atoms with Crippen molar-refractivity contribution in [2.45, 2.75) is 13.0 Å². The van der Waals surface area contributed by atoms with Gasteiger partial charge in [-0.3, -0.25) is 14.6 Å². The molecule has 0 atom stereocenters. The molecule has 0 spiro atoms. The summed E-state index contributed by atoms with van der Waals surface area (Å²) in [4.78, 5) is 27.0. The van der Waals surface area contributed by atoms with Gasteiger partial charge in [0.15, 0.2) is 0 Å². The fourth-order valence-electron chi connectivity index (χ4n) is 3.75. The van der Waals surface area contributed by atoms with Crippen LogP contribution >= 0.6 is 23.2 Å². The fraction of sp³-hybridized carbons (Fsp3) is 0.107. The van der Waals surface area contributed by atoms with E-state index in [1.165, 1.54) is 6.07 Å². The Labute approximate surface area is 223 Å². The number of benzene rings is 3. The summed E-state index contributed by atoms with van der Waals surface area (Å²) < 4.78 is 14.9. The van der Waals surface area contributed by atoms with Gasteiger partial charge in [0.05, 0.1) is 6.42 Å². The van der Waals surface area contributed by atoms with Crippen molar-refractivity contribution in [1.29, 1.82) is 0 Å². The number of aliphatic carboxylic acids is 1. The van der Waals surface area contributed by atoms with Crippen molar-refractivity contribution in [2.75, 3.05) is 11.9 Å². The van der Waals surface area contributed by atoms with E-state index >= 15 is 0 Å². The Morgan fingerprint density at radius 2 is 1.73 bits per heavy atom. The molecule has 0 aliphatic heterocycles. The Morgan fingerprint density at radius 3 is 2.43 bits per heavy atom. The number of halogens is 3. The van der Waals surface area contributed by atoms with Crippen LogP contribution in [0.1, 0.15) is 22.5 Å². The summed E-state index contributed by atoms with van der Waals surface area (Å²) in [6.45, 7) is 0.399. The van der Waals surface area contributed by atoms with E-state index in [-0.39, 0.29) is 18.7 Å². The molecular weight excluding hydrogens is 516 g/mol. The summed E-state index contributed by atoms with van der Waals surface area (Å²) >= 11 is 12.5. The van der Waals surface area contributed by atoms with Crippen molar-refractivity contribution < 1.29 is 19.1 Å². The Kier molecular flexibility index (Phi) is 8.38. The average molecular weight is 538 g/mol. The van der Waals surface area contributed by atoms with E-state index in [9.17, 15) is 14.0 Å². The Balaban J connectivity index is 1.49. The number of nitrogens with one attached hydrogen (secondary N) is 2. The Bertz CT molecular complexity index is 1450. The molecule has 3 N–H and O–H groups in total. The number of carbonyl (C=O) groups excluding carboxylic acids is 1. The maximum absolute atomic E-state index is 14.9. The summed E-state index contributed by atoms with van der Waals surface area (Å²) in [6, 6.07) is 20.7. The SMILES string of the molecule is O=C(O)CCNC(=O)c1ccc(-c2cc(Cl)ccc2CNc2ccc(-c3ccccc3Cl)c(F)c2)cn1. The minimum atomic E-state index is -0.995. The van der Waals surface area contributed by atoms with Crippen LogP contribution in [-0.2, 0) is 11.3 Å². The molecule has 188 valence electrons. The second-order valence-electron chi connectivity index (χ2n) is 8.16. The molecule has 37 heavy (non-hydrogen) atoms. The highest BCUT2D eigenvalue weighted by Gasteiger charge is 2.12. The van der Waals surface area contributed by atoms with E-state index < -0.39 is 17.7 Å².